The fourth-order valence-corrected chi connectivity index (χ4v) is 2.01. The highest BCUT2D eigenvalue weighted by atomic mass is 35.5. The molecule has 3 heteroatoms. The van der Waals surface area contributed by atoms with E-state index in [1.165, 1.54) is 12.1 Å². The highest BCUT2D eigenvalue weighted by molar-refractivity contribution is 6.31. The lowest BCUT2D eigenvalue weighted by molar-refractivity contribution is 0.627. The molecule has 0 atom stereocenters. The van der Waals surface area contributed by atoms with E-state index < -0.39 is 0 Å². The number of rotatable bonds is 2. The third-order valence-corrected chi connectivity index (χ3v) is 3.05. The van der Waals surface area contributed by atoms with E-state index >= 15 is 0 Å². The Morgan fingerprint density at radius 3 is 2.47 bits per heavy atom. The van der Waals surface area contributed by atoms with Crippen LogP contribution >= 0.6 is 11.6 Å². The van der Waals surface area contributed by atoms with Gasteiger partial charge in [-0.1, -0.05) is 23.7 Å². The zero-order chi connectivity index (χ0) is 12.4. The third kappa shape index (κ3) is 2.77. The number of anilines is 1. The van der Waals surface area contributed by atoms with Crippen LogP contribution in [0.25, 0.3) is 0 Å². The largest absolute Gasteiger partial charge is 0.398 e. The molecule has 2 aromatic rings. The Labute approximate surface area is 105 Å². The van der Waals surface area contributed by atoms with E-state index in [-0.39, 0.29) is 5.82 Å². The molecule has 0 aromatic heterocycles. The summed E-state index contributed by atoms with van der Waals surface area (Å²) in [5.41, 5.74) is 9.68. The molecule has 0 aliphatic carbocycles. The molecule has 0 bridgehead atoms. The quantitative estimate of drug-likeness (QED) is 0.801. The minimum absolute atomic E-state index is 0.226. The van der Waals surface area contributed by atoms with Crippen LogP contribution in [-0.2, 0) is 6.42 Å². The van der Waals surface area contributed by atoms with Gasteiger partial charge in [0.05, 0.1) is 0 Å². The number of nitrogen functional groups attached to an aromatic ring is 1. The lowest BCUT2D eigenvalue weighted by atomic mass is 9.99. The van der Waals surface area contributed by atoms with Gasteiger partial charge in [0.2, 0.25) is 0 Å². The van der Waals surface area contributed by atoms with Gasteiger partial charge in [-0.15, -0.1) is 0 Å². The van der Waals surface area contributed by atoms with E-state index in [4.69, 9.17) is 17.3 Å². The first-order valence-corrected chi connectivity index (χ1v) is 5.73. The fourth-order valence-electron chi connectivity index (χ4n) is 1.76. The van der Waals surface area contributed by atoms with Gasteiger partial charge in [0.1, 0.15) is 5.82 Å². The van der Waals surface area contributed by atoms with Crippen LogP contribution in [0.4, 0.5) is 10.1 Å². The maximum absolute atomic E-state index is 12.8. The van der Waals surface area contributed by atoms with Gasteiger partial charge in [0.15, 0.2) is 0 Å². The predicted molar refractivity (Wildman–Crippen MR) is 69.8 cm³/mol. The van der Waals surface area contributed by atoms with Crippen molar-refractivity contribution in [3.8, 4) is 0 Å². The minimum atomic E-state index is -0.226. The van der Waals surface area contributed by atoms with Crippen molar-refractivity contribution in [2.45, 2.75) is 13.3 Å². The summed E-state index contributed by atoms with van der Waals surface area (Å²) in [6.07, 6.45) is 0.705. The standard InChI is InChI=1S/C14H13ClFN/c1-9-11(7-12(15)8-14(9)17)6-10-2-4-13(16)5-3-10/h2-5,7-8H,6,17H2,1H3. The summed E-state index contributed by atoms with van der Waals surface area (Å²) in [6.45, 7) is 1.96. The summed E-state index contributed by atoms with van der Waals surface area (Å²) < 4.78 is 12.8. The smallest absolute Gasteiger partial charge is 0.123 e. The molecule has 0 spiro atoms. The summed E-state index contributed by atoms with van der Waals surface area (Å²) in [7, 11) is 0. The Morgan fingerprint density at radius 2 is 1.82 bits per heavy atom. The van der Waals surface area contributed by atoms with Gasteiger partial charge in [-0.05, 0) is 54.3 Å². The second-order valence-corrected chi connectivity index (χ2v) is 4.52. The highest BCUT2D eigenvalue weighted by Crippen LogP contribution is 2.24. The molecule has 0 aliphatic heterocycles. The van der Waals surface area contributed by atoms with Crippen molar-refractivity contribution in [3.63, 3.8) is 0 Å². The van der Waals surface area contributed by atoms with Crippen LogP contribution in [-0.4, -0.2) is 0 Å². The molecule has 2 aromatic carbocycles. The van der Waals surface area contributed by atoms with Gasteiger partial charge in [-0.3, -0.25) is 0 Å². The highest BCUT2D eigenvalue weighted by Gasteiger charge is 2.05. The first-order valence-electron chi connectivity index (χ1n) is 5.35. The molecule has 88 valence electrons. The second-order valence-electron chi connectivity index (χ2n) is 4.08. The van der Waals surface area contributed by atoms with Gasteiger partial charge in [-0.2, -0.15) is 0 Å². The van der Waals surface area contributed by atoms with E-state index in [1.807, 2.05) is 13.0 Å². The Bertz CT molecular complexity index is 535. The van der Waals surface area contributed by atoms with Crippen molar-refractivity contribution in [1.82, 2.24) is 0 Å². The Morgan fingerprint density at radius 1 is 1.18 bits per heavy atom. The van der Waals surface area contributed by atoms with Gasteiger partial charge < -0.3 is 5.73 Å². The predicted octanol–water partition coefficient (Wildman–Crippen LogP) is 3.96. The number of hydrogen-bond donors (Lipinski definition) is 1. The average Bonchev–Trinajstić information content (AvgIpc) is 2.28. The number of benzene rings is 2. The molecule has 1 nitrogen and oxygen atoms in total. The van der Waals surface area contributed by atoms with E-state index in [1.54, 1.807) is 18.2 Å². The summed E-state index contributed by atoms with van der Waals surface area (Å²) in [4.78, 5) is 0. The Kier molecular flexibility index (Phi) is 3.34. The monoisotopic (exact) mass is 249 g/mol. The molecule has 0 amide bonds. The van der Waals surface area contributed by atoms with Crippen molar-refractivity contribution < 1.29 is 4.39 Å². The minimum Gasteiger partial charge on any atom is -0.398 e. The topological polar surface area (TPSA) is 26.0 Å². The van der Waals surface area contributed by atoms with Gasteiger partial charge >= 0.3 is 0 Å². The number of nitrogens with two attached hydrogens (primary N) is 1. The van der Waals surface area contributed by atoms with Gasteiger partial charge in [-0.25, -0.2) is 4.39 Å². The van der Waals surface area contributed by atoms with E-state index in [0.29, 0.717) is 17.1 Å². The van der Waals surface area contributed by atoms with Crippen molar-refractivity contribution >= 4 is 17.3 Å². The zero-order valence-corrected chi connectivity index (χ0v) is 10.3. The van der Waals surface area contributed by atoms with Crippen molar-refractivity contribution in [2.75, 3.05) is 5.73 Å². The van der Waals surface area contributed by atoms with E-state index in [9.17, 15) is 4.39 Å². The molecule has 0 radical (unpaired) electrons. The van der Waals surface area contributed by atoms with Crippen LogP contribution in [0.15, 0.2) is 36.4 Å². The summed E-state index contributed by atoms with van der Waals surface area (Å²) >= 11 is 5.97. The van der Waals surface area contributed by atoms with Gasteiger partial charge in [0, 0.05) is 10.7 Å². The van der Waals surface area contributed by atoms with Crippen LogP contribution < -0.4 is 5.73 Å². The first-order chi connectivity index (χ1) is 8.06. The average molecular weight is 250 g/mol. The maximum atomic E-state index is 12.8. The van der Waals surface area contributed by atoms with Crippen LogP contribution in [0, 0.1) is 12.7 Å². The molecule has 0 saturated carbocycles. The molecular formula is C14H13ClFN. The van der Waals surface area contributed by atoms with Crippen LogP contribution in [0.3, 0.4) is 0 Å². The van der Waals surface area contributed by atoms with E-state index in [2.05, 4.69) is 0 Å². The summed E-state index contributed by atoms with van der Waals surface area (Å²) in [6, 6.07) is 10.1. The third-order valence-electron chi connectivity index (χ3n) is 2.83. The fraction of sp³-hybridized carbons (Fsp3) is 0.143. The molecule has 0 aliphatic rings. The number of hydrogen-bond acceptors (Lipinski definition) is 1. The van der Waals surface area contributed by atoms with Crippen molar-refractivity contribution in [1.29, 1.82) is 0 Å². The molecule has 0 saturated heterocycles. The molecule has 2 rings (SSSR count). The normalized spacial score (nSPS) is 10.5. The Hall–Kier alpha value is -1.54. The SMILES string of the molecule is Cc1c(N)cc(Cl)cc1Cc1ccc(F)cc1. The lowest BCUT2D eigenvalue weighted by Gasteiger charge is -2.09. The molecule has 0 heterocycles. The maximum Gasteiger partial charge on any atom is 0.123 e. The van der Waals surface area contributed by atoms with E-state index in [0.717, 1.165) is 16.7 Å². The van der Waals surface area contributed by atoms with Crippen molar-refractivity contribution in [3.05, 3.63) is 63.9 Å². The lowest BCUT2D eigenvalue weighted by Crippen LogP contribution is -1.97. The molecular weight excluding hydrogens is 237 g/mol. The first kappa shape index (κ1) is 11.9. The van der Waals surface area contributed by atoms with Crippen LogP contribution in [0.5, 0.6) is 0 Å². The Balaban J connectivity index is 2.32. The molecule has 0 unspecified atom stereocenters. The second kappa shape index (κ2) is 4.76. The van der Waals surface area contributed by atoms with Gasteiger partial charge in [0.25, 0.3) is 0 Å². The zero-order valence-electron chi connectivity index (χ0n) is 9.50. The molecule has 0 fully saturated rings. The van der Waals surface area contributed by atoms with Crippen molar-refractivity contribution in [2.24, 2.45) is 0 Å². The number of halogens is 2. The van der Waals surface area contributed by atoms with Crippen LogP contribution in [0.2, 0.25) is 5.02 Å². The van der Waals surface area contributed by atoms with Crippen LogP contribution in [0.1, 0.15) is 16.7 Å². The molecule has 2 N–H and O–H groups in total. The summed E-state index contributed by atoms with van der Waals surface area (Å²) in [5, 5.41) is 0.630. The summed E-state index contributed by atoms with van der Waals surface area (Å²) in [5.74, 6) is -0.226. The molecule has 17 heavy (non-hydrogen) atoms.